The topological polar surface area (TPSA) is 76.7 Å². The highest BCUT2D eigenvalue weighted by Crippen LogP contribution is 2.29. The van der Waals surface area contributed by atoms with E-state index in [9.17, 15) is 9.59 Å². The molecule has 0 atom stereocenters. The lowest BCUT2D eigenvalue weighted by atomic mass is 10.1. The fourth-order valence-corrected chi connectivity index (χ4v) is 2.78. The zero-order valence-corrected chi connectivity index (χ0v) is 16.1. The molecule has 6 nitrogen and oxygen atoms in total. The van der Waals surface area contributed by atoms with Crippen molar-refractivity contribution in [1.82, 2.24) is 10.9 Å². The molecule has 0 aliphatic heterocycles. The fraction of sp³-hybridized carbons (Fsp3) is 0.130. The Morgan fingerprint density at radius 1 is 0.828 bits per heavy atom. The Bertz CT molecular complexity index is 973. The number of benzene rings is 3. The van der Waals surface area contributed by atoms with Crippen LogP contribution in [0.25, 0.3) is 11.1 Å². The largest absolute Gasteiger partial charge is 0.497 e. The molecule has 3 aromatic carbocycles. The van der Waals surface area contributed by atoms with Crippen molar-refractivity contribution in [2.24, 2.45) is 0 Å². The Kier molecular flexibility index (Phi) is 6.84. The molecule has 0 aliphatic carbocycles. The smallest absolute Gasteiger partial charge is 0.276 e. The van der Waals surface area contributed by atoms with E-state index in [2.05, 4.69) is 10.9 Å². The Morgan fingerprint density at radius 3 is 2.34 bits per heavy atom. The minimum absolute atomic E-state index is 0.120. The van der Waals surface area contributed by atoms with Gasteiger partial charge in [-0.15, -0.1) is 0 Å². The van der Waals surface area contributed by atoms with Gasteiger partial charge < -0.3 is 9.47 Å². The standard InChI is InChI=1S/C23H22N2O4/c1-28-19-11-7-8-17(14-19)15-22(26)24-25-23(27)16-29-21-13-6-5-12-20(21)18-9-3-2-4-10-18/h2-14H,15-16H2,1H3,(H,24,26)(H,25,27). The SMILES string of the molecule is COc1cccc(CC(=O)NNC(=O)COc2ccccc2-c2ccccc2)c1. The van der Waals surface area contributed by atoms with Gasteiger partial charge >= 0.3 is 0 Å². The van der Waals surface area contributed by atoms with Gasteiger partial charge in [-0.3, -0.25) is 20.4 Å². The molecule has 0 saturated carbocycles. The first-order valence-electron chi connectivity index (χ1n) is 9.13. The van der Waals surface area contributed by atoms with Gasteiger partial charge in [0.15, 0.2) is 6.61 Å². The Morgan fingerprint density at radius 2 is 1.55 bits per heavy atom. The van der Waals surface area contributed by atoms with Crippen LogP contribution in [0, 0.1) is 0 Å². The number of rotatable bonds is 7. The minimum atomic E-state index is -0.452. The van der Waals surface area contributed by atoms with Crippen LogP contribution in [0.1, 0.15) is 5.56 Å². The predicted molar refractivity (Wildman–Crippen MR) is 110 cm³/mol. The molecule has 0 bridgehead atoms. The van der Waals surface area contributed by atoms with Crippen molar-refractivity contribution < 1.29 is 19.1 Å². The lowest BCUT2D eigenvalue weighted by Gasteiger charge is -2.12. The van der Waals surface area contributed by atoms with Gasteiger partial charge in [0.1, 0.15) is 11.5 Å². The quantitative estimate of drug-likeness (QED) is 0.608. The molecule has 0 aromatic heterocycles. The van der Waals surface area contributed by atoms with Crippen LogP contribution in [0.15, 0.2) is 78.9 Å². The van der Waals surface area contributed by atoms with Crippen LogP contribution in [-0.2, 0) is 16.0 Å². The molecule has 29 heavy (non-hydrogen) atoms. The summed E-state index contributed by atoms with van der Waals surface area (Å²) in [6.45, 7) is -0.219. The maximum atomic E-state index is 12.1. The van der Waals surface area contributed by atoms with Gasteiger partial charge in [-0.25, -0.2) is 0 Å². The van der Waals surface area contributed by atoms with E-state index in [0.29, 0.717) is 11.5 Å². The summed E-state index contributed by atoms with van der Waals surface area (Å²) >= 11 is 0. The first kappa shape index (κ1) is 19.9. The van der Waals surface area contributed by atoms with E-state index in [1.165, 1.54) is 0 Å². The number of para-hydroxylation sites is 1. The highest BCUT2D eigenvalue weighted by molar-refractivity contribution is 5.84. The molecule has 0 heterocycles. The number of hydrazine groups is 1. The van der Waals surface area contributed by atoms with Crippen molar-refractivity contribution in [3.8, 4) is 22.6 Å². The van der Waals surface area contributed by atoms with E-state index < -0.39 is 5.91 Å². The van der Waals surface area contributed by atoms with Gasteiger partial charge in [0, 0.05) is 5.56 Å². The summed E-state index contributed by atoms with van der Waals surface area (Å²) in [6.07, 6.45) is 0.120. The lowest BCUT2D eigenvalue weighted by Crippen LogP contribution is -2.44. The lowest BCUT2D eigenvalue weighted by molar-refractivity contribution is -0.129. The molecule has 3 aromatic rings. The summed E-state index contributed by atoms with van der Waals surface area (Å²) in [6, 6.07) is 24.4. The molecule has 0 radical (unpaired) electrons. The number of hydrogen-bond acceptors (Lipinski definition) is 4. The van der Waals surface area contributed by atoms with Gasteiger partial charge in [0.25, 0.3) is 5.91 Å². The third kappa shape index (κ3) is 5.84. The van der Waals surface area contributed by atoms with Gasteiger partial charge in [-0.1, -0.05) is 60.7 Å². The molecule has 2 N–H and O–H groups in total. The van der Waals surface area contributed by atoms with E-state index in [0.717, 1.165) is 16.7 Å². The number of methoxy groups -OCH3 is 1. The van der Waals surface area contributed by atoms with Crippen molar-refractivity contribution >= 4 is 11.8 Å². The molecule has 3 rings (SSSR count). The summed E-state index contributed by atoms with van der Waals surface area (Å²) in [5.41, 5.74) is 7.43. The van der Waals surface area contributed by atoms with Crippen molar-refractivity contribution in [2.75, 3.05) is 13.7 Å². The number of hydrogen-bond donors (Lipinski definition) is 2. The van der Waals surface area contributed by atoms with Gasteiger partial charge in [-0.05, 0) is 29.3 Å². The molecule has 148 valence electrons. The minimum Gasteiger partial charge on any atom is -0.497 e. The van der Waals surface area contributed by atoms with E-state index >= 15 is 0 Å². The highest BCUT2D eigenvalue weighted by Gasteiger charge is 2.10. The second-order valence-electron chi connectivity index (χ2n) is 6.28. The van der Waals surface area contributed by atoms with Crippen LogP contribution in [-0.4, -0.2) is 25.5 Å². The Hall–Kier alpha value is -3.80. The molecule has 6 heteroatoms. The number of amides is 2. The normalized spacial score (nSPS) is 10.1. The zero-order chi connectivity index (χ0) is 20.5. The molecule has 0 aliphatic rings. The van der Waals surface area contributed by atoms with Crippen molar-refractivity contribution in [3.63, 3.8) is 0 Å². The molecule has 0 saturated heterocycles. The molecule has 0 fully saturated rings. The van der Waals surface area contributed by atoms with Crippen LogP contribution < -0.4 is 20.3 Å². The molecule has 2 amide bonds. The second-order valence-corrected chi connectivity index (χ2v) is 6.28. The van der Waals surface area contributed by atoms with Crippen LogP contribution in [0.2, 0.25) is 0 Å². The summed E-state index contributed by atoms with van der Waals surface area (Å²) < 4.78 is 10.8. The average Bonchev–Trinajstić information content (AvgIpc) is 2.77. The van der Waals surface area contributed by atoms with Gasteiger partial charge in [0.2, 0.25) is 5.91 Å². The third-order valence-corrected chi connectivity index (χ3v) is 4.17. The van der Waals surface area contributed by atoms with Gasteiger partial charge in [-0.2, -0.15) is 0 Å². The summed E-state index contributed by atoms with van der Waals surface area (Å²) in [5.74, 6) is 0.476. The maximum absolute atomic E-state index is 12.1. The molecular weight excluding hydrogens is 368 g/mol. The second kappa shape index (κ2) is 9.94. The van der Waals surface area contributed by atoms with E-state index in [1.807, 2.05) is 54.6 Å². The van der Waals surface area contributed by atoms with Crippen LogP contribution in [0.4, 0.5) is 0 Å². The van der Waals surface area contributed by atoms with Crippen LogP contribution in [0.3, 0.4) is 0 Å². The highest BCUT2D eigenvalue weighted by atomic mass is 16.5. The van der Waals surface area contributed by atoms with Crippen molar-refractivity contribution in [2.45, 2.75) is 6.42 Å². The van der Waals surface area contributed by atoms with Crippen molar-refractivity contribution in [3.05, 3.63) is 84.4 Å². The molecule has 0 unspecified atom stereocenters. The fourth-order valence-electron chi connectivity index (χ4n) is 2.78. The number of ether oxygens (including phenoxy) is 2. The maximum Gasteiger partial charge on any atom is 0.276 e. The number of carbonyl (C=O) groups is 2. The first-order valence-corrected chi connectivity index (χ1v) is 9.13. The summed E-state index contributed by atoms with van der Waals surface area (Å²) in [7, 11) is 1.56. The number of nitrogens with one attached hydrogen (secondary N) is 2. The summed E-state index contributed by atoms with van der Waals surface area (Å²) in [4.78, 5) is 24.1. The molecular formula is C23H22N2O4. The average molecular weight is 390 g/mol. The van der Waals surface area contributed by atoms with Crippen LogP contribution in [0.5, 0.6) is 11.5 Å². The third-order valence-electron chi connectivity index (χ3n) is 4.17. The monoisotopic (exact) mass is 390 g/mol. The Labute approximate surface area is 169 Å². The van der Waals surface area contributed by atoms with E-state index in [1.54, 1.807) is 31.4 Å². The molecule has 0 spiro atoms. The van der Waals surface area contributed by atoms with Crippen LogP contribution >= 0.6 is 0 Å². The first-order chi connectivity index (χ1) is 14.2. The predicted octanol–water partition coefficient (Wildman–Crippen LogP) is 3.13. The van der Waals surface area contributed by atoms with Gasteiger partial charge in [0.05, 0.1) is 13.5 Å². The Balaban J connectivity index is 1.50. The van der Waals surface area contributed by atoms with Crippen molar-refractivity contribution in [1.29, 1.82) is 0 Å². The summed E-state index contributed by atoms with van der Waals surface area (Å²) in [5, 5.41) is 0. The van der Waals surface area contributed by atoms with E-state index in [-0.39, 0.29) is 18.9 Å². The zero-order valence-electron chi connectivity index (χ0n) is 16.1. The van der Waals surface area contributed by atoms with E-state index in [4.69, 9.17) is 9.47 Å². The number of carbonyl (C=O) groups excluding carboxylic acids is 2.